The molecule has 0 aliphatic rings. The number of carbonyl (C=O) groups is 1. The number of hydrogen-bond acceptors (Lipinski definition) is 1. The van der Waals surface area contributed by atoms with Gasteiger partial charge in [0, 0.05) is 5.92 Å². The van der Waals surface area contributed by atoms with Crippen LogP contribution in [-0.4, -0.2) is 5.91 Å². The fraction of sp³-hybridized carbons (Fsp3) is 0.462. The quantitative estimate of drug-likeness (QED) is 0.867. The zero-order valence-corrected chi connectivity index (χ0v) is 10.1. The van der Waals surface area contributed by atoms with Crippen LogP contribution in [0.1, 0.15) is 30.9 Å². The molecule has 1 amide bonds. The molecule has 1 aromatic rings. The molecule has 0 aliphatic carbocycles. The van der Waals surface area contributed by atoms with E-state index in [9.17, 15) is 18.0 Å². The number of primary amides is 1. The summed E-state index contributed by atoms with van der Waals surface area (Å²) in [7, 11) is 0. The van der Waals surface area contributed by atoms with Gasteiger partial charge in [-0.05, 0) is 30.5 Å². The van der Waals surface area contributed by atoms with Crippen molar-refractivity contribution in [3.05, 3.63) is 35.4 Å². The van der Waals surface area contributed by atoms with Gasteiger partial charge in [-0.2, -0.15) is 13.2 Å². The monoisotopic (exact) mass is 259 g/mol. The van der Waals surface area contributed by atoms with Gasteiger partial charge < -0.3 is 5.73 Å². The molecule has 0 bridgehead atoms. The van der Waals surface area contributed by atoms with Crippen molar-refractivity contribution in [2.45, 2.75) is 32.4 Å². The second kappa shape index (κ2) is 5.89. The Morgan fingerprint density at radius 3 is 2.22 bits per heavy atom. The van der Waals surface area contributed by atoms with Crippen LogP contribution in [0.5, 0.6) is 0 Å². The van der Waals surface area contributed by atoms with Crippen molar-refractivity contribution in [1.29, 1.82) is 0 Å². The Hall–Kier alpha value is -1.52. The predicted molar refractivity (Wildman–Crippen MR) is 62.7 cm³/mol. The van der Waals surface area contributed by atoms with Crippen molar-refractivity contribution in [3.8, 4) is 0 Å². The molecule has 0 spiro atoms. The Balaban J connectivity index is 2.76. The zero-order chi connectivity index (χ0) is 13.8. The van der Waals surface area contributed by atoms with Gasteiger partial charge in [0.25, 0.3) is 0 Å². The molecular formula is C13H16F3NO. The van der Waals surface area contributed by atoms with E-state index in [1.165, 1.54) is 12.1 Å². The minimum atomic E-state index is -4.33. The van der Waals surface area contributed by atoms with Gasteiger partial charge in [-0.3, -0.25) is 4.79 Å². The SMILES string of the molecule is CCCC(Cc1ccc(C(F)(F)F)cc1)C(N)=O. The Labute approximate surface area is 104 Å². The first-order chi connectivity index (χ1) is 8.34. The average Bonchev–Trinajstić information content (AvgIpc) is 2.28. The van der Waals surface area contributed by atoms with Crippen molar-refractivity contribution in [3.63, 3.8) is 0 Å². The molecule has 1 atom stereocenters. The number of benzene rings is 1. The first-order valence-corrected chi connectivity index (χ1v) is 5.80. The lowest BCUT2D eigenvalue weighted by molar-refractivity contribution is -0.137. The molecule has 0 saturated heterocycles. The fourth-order valence-electron chi connectivity index (χ4n) is 1.81. The first kappa shape index (κ1) is 14.5. The van der Waals surface area contributed by atoms with Crippen LogP contribution >= 0.6 is 0 Å². The van der Waals surface area contributed by atoms with Crippen molar-refractivity contribution in [1.82, 2.24) is 0 Å². The minimum Gasteiger partial charge on any atom is -0.369 e. The summed E-state index contributed by atoms with van der Waals surface area (Å²) in [6.45, 7) is 1.93. The molecule has 0 saturated carbocycles. The Kier molecular flexibility index (Phi) is 4.76. The number of nitrogens with two attached hydrogens (primary N) is 1. The molecule has 0 fully saturated rings. The van der Waals surface area contributed by atoms with Crippen molar-refractivity contribution >= 4 is 5.91 Å². The predicted octanol–water partition coefficient (Wildman–Crippen LogP) is 3.15. The average molecular weight is 259 g/mol. The number of hydrogen-bond donors (Lipinski definition) is 1. The van der Waals surface area contributed by atoms with Crippen LogP contribution in [0.4, 0.5) is 13.2 Å². The largest absolute Gasteiger partial charge is 0.416 e. The van der Waals surface area contributed by atoms with E-state index in [0.29, 0.717) is 18.4 Å². The zero-order valence-electron chi connectivity index (χ0n) is 10.1. The van der Waals surface area contributed by atoms with Gasteiger partial charge in [0.15, 0.2) is 0 Å². The van der Waals surface area contributed by atoms with Crippen molar-refractivity contribution in [2.24, 2.45) is 11.7 Å². The van der Waals surface area contributed by atoms with E-state index in [1.807, 2.05) is 6.92 Å². The summed E-state index contributed by atoms with van der Waals surface area (Å²) in [5.74, 6) is -0.719. The van der Waals surface area contributed by atoms with E-state index in [1.54, 1.807) is 0 Å². The summed E-state index contributed by atoms with van der Waals surface area (Å²) in [6, 6.07) is 4.85. The van der Waals surface area contributed by atoms with Gasteiger partial charge in [-0.1, -0.05) is 25.5 Å². The Morgan fingerprint density at radius 2 is 1.83 bits per heavy atom. The molecule has 2 N–H and O–H groups in total. The summed E-state index contributed by atoms with van der Waals surface area (Å²) in [5.41, 5.74) is 5.26. The second-order valence-corrected chi connectivity index (χ2v) is 4.29. The van der Waals surface area contributed by atoms with Crippen LogP contribution in [0.3, 0.4) is 0 Å². The van der Waals surface area contributed by atoms with Crippen LogP contribution < -0.4 is 5.73 Å². The maximum atomic E-state index is 12.4. The van der Waals surface area contributed by atoms with Crippen LogP contribution in [0.15, 0.2) is 24.3 Å². The van der Waals surface area contributed by atoms with Crippen LogP contribution in [0.25, 0.3) is 0 Å². The molecule has 100 valence electrons. The van der Waals surface area contributed by atoms with Gasteiger partial charge in [-0.25, -0.2) is 0 Å². The molecule has 0 aromatic heterocycles. The van der Waals surface area contributed by atoms with Gasteiger partial charge in [-0.15, -0.1) is 0 Å². The maximum absolute atomic E-state index is 12.4. The van der Waals surface area contributed by atoms with Crippen LogP contribution in [0.2, 0.25) is 0 Å². The second-order valence-electron chi connectivity index (χ2n) is 4.29. The molecule has 2 nitrogen and oxygen atoms in total. The molecule has 1 aromatic carbocycles. The summed E-state index contributed by atoms with van der Waals surface area (Å²) in [6.07, 6.45) is -2.48. The summed E-state index contributed by atoms with van der Waals surface area (Å²) in [4.78, 5) is 11.2. The fourth-order valence-corrected chi connectivity index (χ4v) is 1.81. The lowest BCUT2D eigenvalue weighted by Gasteiger charge is -2.13. The molecular weight excluding hydrogens is 243 g/mol. The van der Waals surface area contributed by atoms with Crippen molar-refractivity contribution < 1.29 is 18.0 Å². The van der Waals surface area contributed by atoms with E-state index in [4.69, 9.17) is 5.73 Å². The van der Waals surface area contributed by atoms with E-state index in [0.717, 1.165) is 18.6 Å². The third kappa shape index (κ3) is 4.05. The van der Waals surface area contributed by atoms with E-state index >= 15 is 0 Å². The normalized spacial score (nSPS) is 13.3. The first-order valence-electron chi connectivity index (χ1n) is 5.80. The van der Waals surface area contributed by atoms with E-state index in [-0.39, 0.29) is 5.92 Å². The highest BCUT2D eigenvalue weighted by molar-refractivity contribution is 5.76. The molecule has 1 unspecified atom stereocenters. The molecule has 0 heterocycles. The van der Waals surface area contributed by atoms with E-state index < -0.39 is 17.6 Å². The third-order valence-electron chi connectivity index (χ3n) is 2.80. The highest BCUT2D eigenvalue weighted by atomic mass is 19.4. The smallest absolute Gasteiger partial charge is 0.369 e. The lowest BCUT2D eigenvalue weighted by atomic mass is 9.94. The van der Waals surface area contributed by atoms with Gasteiger partial charge in [0.2, 0.25) is 5.91 Å². The molecule has 1 rings (SSSR count). The number of carbonyl (C=O) groups excluding carboxylic acids is 1. The van der Waals surface area contributed by atoms with Crippen molar-refractivity contribution in [2.75, 3.05) is 0 Å². The summed E-state index contributed by atoms with van der Waals surface area (Å²) >= 11 is 0. The molecule has 0 radical (unpaired) electrons. The number of halogens is 3. The topological polar surface area (TPSA) is 43.1 Å². The third-order valence-corrected chi connectivity index (χ3v) is 2.80. The van der Waals surface area contributed by atoms with Gasteiger partial charge >= 0.3 is 6.18 Å². The Morgan fingerprint density at radius 1 is 1.28 bits per heavy atom. The molecule has 5 heteroatoms. The van der Waals surface area contributed by atoms with Crippen LogP contribution in [-0.2, 0) is 17.4 Å². The standard InChI is InChI=1S/C13H16F3NO/c1-2-3-10(12(17)18)8-9-4-6-11(7-5-9)13(14,15)16/h4-7,10H,2-3,8H2,1H3,(H2,17,18). The number of rotatable bonds is 5. The number of alkyl halides is 3. The van der Waals surface area contributed by atoms with E-state index in [2.05, 4.69) is 0 Å². The number of amides is 1. The van der Waals surface area contributed by atoms with Gasteiger partial charge in [0.1, 0.15) is 0 Å². The minimum absolute atomic E-state index is 0.313. The highest BCUT2D eigenvalue weighted by Crippen LogP contribution is 2.29. The molecule has 0 aliphatic heterocycles. The van der Waals surface area contributed by atoms with Gasteiger partial charge in [0.05, 0.1) is 5.56 Å². The summed E-state index contributed by atoms with van der Waals surface area (Å²) < 4.78 is 37.1. The highest BCUT2D eigenvalue weighted by Gasteiger charge is 2.30. The lowest BCUT2D eigenvalue weighted by Crippen LogP contribution is -2.25. The summed E-state index contributed by atoms with van der Waals surface area (Å²) in [5, 5.41) is 0. The molecule has 18 heavy (non-hydrogen) atoms. The van der Waals surface area contributed by atoms with Crippen LogP contribution in [0, 0.1) is 5.92 Å². The Bertz CT molecular complexity index is 398. The maximum Gasteiger partial charge on any atom is 0.416 e.